The molecule has 5 heteroatoms. The monoisotopic (exact) mass is 334 g/mol. The third-order valence-electron chi connectivity index (χ3n) is 4.16. The van der Waals surface area contributed by atoms with Crippen molar-refractivity contribution < 1.29 is 14.3 Å². The molecule has 24 heavy (non-hydrogen) atoms. The molecule has 1 N–H and O–H groups in total. The van der Waals surface area contributed by atoms with Gasteiger partial charge in [0.15, 0.2) is 0 Å². The Bertz CT molecular complexity index is 593. The van der Waals surface area contributed by atoms with Gasteiger partial charge in [-0.05, 0) is 65.3 Å². The molecule has 0 radical (unpaired) electrons. The van der Waals surface area contributed by atoms with Crippen LogP contribution in [0.4, 0.5) is 4.79 Å². The molecule has 134 valence electrons. The van der Waals surface area contributed by atoms with E-state index in [0.717, 1.165) is 29.8 Å². The fourth-order valence-corrected chi connectivity index (χ4v) is 3.09. The van der Waals surface area contributed by atoms with Gasteiger partial charge in [0.25, 0.3) is 0 Å². The molecule has 0 fully saturated rings. The van der Waals surface area contributed by atoms with Crippen LogP contribution in [0, 0.1) is 0 Å². The van der Waals surface area contributed by atoms with Crippen molar-refractivity contribution >= 4 is 6.09 Å². The Hall–Kier alpha value is -1.75. The van der Waals surface area contributed by atoms with E-state index in [1.165, 1.54) is 5.56 Å². The number of rotatable bonds is 4. The van der Waals surface area contributed by atoms with Crippen LogP contribution < -0.4 is 10.1 Å². The van der Waals surface area contributed by atoms with Gasteiger partial charge in [-0.1, -0.05) is 6.07 Å². The molecule has 0 bridgehead atoms. The van der Waals surface area contributed by atoms with Gasteiger partial charge < -0.3 is 19.7 Å². The van der Waals surface area contributed by atoms with Crippen molar-refractivity contribution in [3.63, 3.8) is 0 Å². The van der Waals surface area contributed by atoms with Gasteiger partial charge in [-0.25, -0.2) is 4.79 Å². The zero-order valence-electron chi connectivity index (χ0n) is 15.7. The minimum atomic E-state index is -0.482. The highest BCUT2D eigenvalue weighted by molar-refractivity contribution is 5.69. The predicted octanol–water partition coefficient (Wildman–Crippen LogP) is 3.66. The van der Waals surface area contributed by atoms with Crippen molar-refractivity contribution in [2.45, 2.75) is 59.2 Å². The maximum atomic E-state index is 12.5. The van der Waals surface area contributed by atoms with Gasteiger partial charge in [0.1, 0.15) is 11.4 Å². The summed E-state index contributed by atoms with van der Waals surface area (Å²) in [7, 11) is 1.93. The number of hydrogen-bond donors (Lipinski definition) is 1. The first kappa shape index (κ1) is 18.6. The van der Waals surface area contributed by atoms with E-state index in [0.29, 0.717) is 13.2 Å². The van der Waals surface area contributed by atoms with Crippen LogP contribution in [0.25, 0.3) is 0 Å². The Kier molecular flexibility index (Phi) is 5.75. The number of nitrogens with one attached hydrogen (secondary N) is 1. The Labute approximate surface area is 145 Å². The first-order valence-corrected chi connectivity index (χ1v) is 8.69. The van der Waals surface area contributed by atoms with Gasteiger partial charge in [0.05, 0.1) is 12.6 Å². The topological polar surface area (TPSA) is 50.8 Å². The van der Waals surface area contributed by atoms with Crippen molar-refractivity contribution in [2.24, 2.45) is 0 Å². The van der Waals surface area contributed by atoms with Crippen LogP contribution in [0.5, 0.6) is 5.75 Å². The van der Waals surface area contributed by atoms with E-state index in [2.05, 4.69) is 24.4 Å². The molecule has 1 aromatic carbocycles. The second-order valence-electron chi connectivity index (χ2n) is 7.22. The van der Waals surface area contributed by atoms with Crippen molar-refractivity contribution in [3.8, 4) is 5.75 Å². The number of carbonyl (C=O) groups is 1. The number of fused-ring (bicyclic) bond motifs is 1. The number of ether oxygens (including phenoxy) is 2. The smallest absolute Gasteiger partial charge is 0.410 e. The van der Waals surface area contributed by atoms with Crippen LogP contribution in [0.15, 0.2) is 12.1 Å². The Morgan fingerprint density at radius 1 is 1.38 bits per heavy atom. The molecule has 0 spiro atoms. The number of amides is 1. The van der Waals surface area contributed by atoms with Crippen LogP contribution in [0.2, 0.25) is 0 Å². The lowest BCUT2D eigenvalue weighted by Gasteiger charge is -2.36. The van der Waals surface area contributed by atoms with E-state index in [4.69, 9.17) is 9.47 Å². The summed E-state index contributed by atoms with van der Waals surface area (Å²) in [6, 6.07) is 4.28. The lowest BCUT2D eigenvalue weighted by atomic mass is 9.91. The molecule has 1 unspecified atom stereocenters. The lowest BCUT2D eigenvalue weighted by Crippen LogP contribution is -2.42. The van der Waals surface area contributed by atoms with Gasteiger partial charge in [-0.15, -0.1) is 0 Å². The van der Waals surface area contributed by atoms with Crippen molar-refractivity contribution in [1.29, 1.82) is 0 Å². The van der Waals surface area contributed by atoms with E-state index in [9.17, 15) is 4.79 Å². The number of benzene rings is 1. The summed E-state index contributed by atoms with van der Waals surface area (Å²) in [6.45, 7) is 11.8. The van der Waals surface area contributed by atoms with Crippen molar-refractivity contribution in [1.82, 2.24) is 10.2 Å². The predicted molar refractivity (Wildman–Crippen MR) is 95.4 cm³/mol. The van der Waals surface area contributed by atoms with Crippen LogP contribution in [-0.2, 0) is 17.7 Å². The molecule has 0 aliphatic carbocycles. The first-order valence-electron chi connectivity index (χ1n) is 8.69. The second kappa shape index (κ2) is 7.43. The SMILES string of the molecule is CCOc1cc2c(cc1CNC)CCN(C(=O)OC(C)(C)C)C2C. The van der Waals surface area contributed by atoms with Crippen LogP contribution in [-0.4, -0.2) is 36.8 Å². The van der Waals surface area contributed by atoms with Crippen LogP contribution >= 0.6 is 0 Å². The maximum Gasteiger partial charge on any atom is 0.410 e. The Morgan fingerprint density at radius 2 is 2.08 bits per heavy atom. The molecule has 1 aromatic rings. The Morgan fingerprint density at radius 3 is 2.67 bits per heavy atom. The molecule has 0 aromatic heterocycles. The molecule has 0 saturated heterocycles. The quantitative estimate of drug-likeness (QED) is 0.913. The van der Waals surface area contributed by atoms with Crippen molar-refractivity contribution in [2.75, 3.05) is 20.2 Å². The average molecular weight is 334 g/mol. The van der Waals surface area contributed by atoms with E-state index >= 15 is 0 Å². The summed E-state index contributed by atoms with van der Waals surface area (Å²) in [5.74, 6) is 0.892. The normalized spacial score (nSPS) is 17.4. The summed E-state index contributed by atoms with van der Waals surface area (Å²) >= 11 is 0. The summed E-state index contributed by atoms with van der Waals surface area (Å²) in [5, 5.41) is 3.19. The molecule has 0 saturated carbocycles. The maximum absolute atomic E-state index is 12.5. The number of nitrogens with zero attached hydrogens (tertiary/aromatic N) is 1. The molecule has 1 aliphatic rings. The van der Waals surface area contributed by atoms with Crippen LogP contribution in [0.3, 0.4) is 0 Å². The highest BCUT2D eigenvalue weighted by Crippen LogP contribution is 2.35. The molecule has 1 atom stereocenters. The molecular weight excluding hydrogens is 304 g/mol. The molecule has 5 nitrogen and oxygen atoms in total. The second-order valence-corrected chi connectivity index (χ2v) is 7.22. The van der Waals surface area contributed by atoms with Crippen molar-refractivity contribution in [3.05, 3.63) is 28.8 Å². The van der Waals surface area contributed by atoms with E-state index in [1.807, 2.05) is 34.7 Å². The van der Waals surface area contributed by atoms with Crippen LogP contribution in [0.1, 0.15) is 57.4 Å². The summed E-state index contributed by atoms with van der Waals surface area (Å²) < 4.78 is 11.4. The van der Waals surface area contributed by atoms with Gasteiger partial charge in [0, 0.05) is 18.7 Å². The Balaban J connectivity index is 2.30. The minimum absolute atomic E-state index is 0.0218. The molecule has 1 amide bonds. The summed E-state index contributed by atoms with van der Waals surface area (Å²) in [6.07, 6.45) is 0.583. The number of hydrogen-bond acceptors (Lipinski definition) is 4. The van der Waals surface area contributed by atoms with E-state index < -0.39 is 5.60 Å². The van der Waals surface area contributed by atoms with Gasteiger partial charge >= 0.3 is 6.09 Å². The highest BCUT2D eigenvalue weighted by Gasteiger charge is 2.31. The molecule has 2 rings (SSSR count). The third-order valence-corrected chi connectivity index (χ3v) is 4.16. The zero-order chi connectivity index (χ0) is 17.9. The zero-order valence-corrected chi connectivity index (χ0v) is 15.7. The first-order chi connectivity index (χ1) is 11.3. The molecule has 1 aliphatic heterocycles. The molecule has 1 heterocycles. The highest BCUT2D eigenvalue weighted by atomic mass is 16.6. The summed E-state index contributed by atoms with van der Waals surface area (Å²) in [5.41, 5.74) is 3.12. The van der Waals surface area contributed by atoms with E-state index in [-0.39, 0.29) is 12.1 Å². The third kappa shape index (κ3) is 4.20. The standard InChI is InChI=1S/C19H30N2O3/c1-7-23-17-11-16-13(2)21(18(22)24-19(3,4)5)9-8-14(16)10-15(17)12-20-6/h10-11,13,20H,7-9,12H2,1-6H3. The number of carbonyl (C=O) groups excluding carboxylic acids is 1. The average Bonchev–Trinajstić information content (AvgIpc) is 2.47. The van der Waals surface area contributed by atoms with Gasteiger partial charge in [-0.2, -0.15) is 0 Å². The van der Waals surface area contributed by atoms with E-state index in [1.54, 1.807) is 4.90 Å². The largest absolute Gasteiger partial charge is 0.494 e. The fraction of sp³-hybridized carbons (Fsp3) is 0.632. The van der Waals surface area contributed by atoms with Gasteiger partial charge in [0.2, 0.25) is 0 Å². The minimum Gasteiger partial charge on any atom is -0.494 e. The van der Waals surface area contributed by atoms with Gasteiger partial charge in [-0.3, -0.25) is 0 Å². The fourth-order valence-electron chi connectivity index (χ4n) is 3.09. The molecular formula is C19H30N2O3. The summed E-state index contributed by atoms with van der Waals surface area (Å²) in [4.78, 5) is 14.3. The lowest BCUT2D eigenvalue weighted by molar-refractivity contribution is 0.0159.